The fourth-order valence-electron chi connectivity index (χ4n) is 2.40. The number of hydrogen-bond acceptors (Lipinski definition) is 2. The van der Waals surface area contributed by atoms with E-state index in [1.807, 2.05) is 5.32 Å². The van der Waals surface area contributed by atoms with Crippen LogP contribution >= 0.6 is 11.6 Å². The number of benzene rings is 2. The molecule has 0 aliphatic heterocycles. The number of halogens is 7. The lowest BCUT2D eigenvalue weighted by molar-refractivity contribution is -0.137. The van der Waals surface area contributed by atoms with Crippen molar-refractivity contribution >= 4 is 29.2 Å². The Morgan fingerprint density at radius 1 is 0.903 bits per heavy atom. The molecule has 2 N–H and O–H groups in total. The minimum absolute atomic E-state index is 0.211. The Morgan fingerprint density at radius 2 is 1.48 bits per heavy atom. The molecule has 5 nitrogen and oxygen atoms in total. The van der Waals surface area contributed by atoms with Crippen LogP contribution in [0.15, 0.2) is 30.3 Å². The van der Waals surface area contributed by atoms with Gasteiger partial charge in [0, 0.05) is 22.7 Å². The standard InChI is InChI=1S/C19H16ClF6N3O2/c1-18(2,3)29(16(30)9-4-10(19(24,25)26)6-11(20)5-9)28-17(31)27-15-8-13(22)12(21)7-14(15)23/h4-8H,1-3H3,(H2,27,28,31). The molecule has 0 fully saturated rings. The van der Waals surface area contributed by atoms with Crippen LogP contribution in [0.4, 0.5) is 36.8 Å². The third kappa shape index (κ3) is 6.03. The van der Waals surface area contributed by atoms with Crippen LogP contribution in [0.5, 0.6) is 0 Å². The largest absolute Gasteiger partial charge is 0.416 e. The number of alkyl halides is 3. The maximum atomic E-state index is 13.7. The Kier molecular flexibility index (Phi) is 6.79. The first kappa shape index (κ1) is 24.3. The summed E-state index contributed by atoms with van der Waals surface area (Å²) in [6.45, 7) is 4.37. The van der Waals surface area contributed by atoms with Gasteiger partial charge in [-0.25, -0.2) is 28.4 Å². The summed E-state index contributed by atoms with van der Waals surface area (Å²) >= 11 is 5.70. The van der Waals surface area contributed by atoms with Crippen LogP contribution in [-0.4, -0.2) is 22.5 Å². The van der Waals surface area contributed by atoms with Crippen LogP contribution in [0.3, 0.4) is 0 Å². The molecule has 0 aliphatic rings. The fourth-order valence-corrected chi connectivity index (χ4v) is 2.63. The van der Waals surface area contributed by atoms with Gasteiger partial charge in [-0.2, -0.15) is 13.2 Å². The lowest BCUT2D eigenvalue weighted by Crippen LogP contribution is -2.56. The number of anilines is 1. The van der Waals surface area contributed by atoms with Gasteiger partial charge >= 0.3 is 12.2 Å². The zero-order valence-electron chi connectivity index (χ0n) is 16.3. The molecular formula is C19H16ClF6N3O2. The molecule has 3 amide bonds. The third-order valence-corrected chi connectivity index (χ3v) is 4.04. The van der Waals surface area contributed by atoms with Crippen molar-refractivity contribution in [3.8, 4) is 0 Å². The summed E-state index contributed by atoms with van der Waals surface area (Å²) < 4.78 is 79.2. The van der Waals surface area contributed by atoms with Gasteiger partial charge in [-0.3, -0.25) is 4.79 Å². The SMILES string of the molecule is CC(C)(C)N(NC(=O)Nc1cc(F)c(F)cc1F)C(=O)c1cc(Cl)cc(C(F)(F)F)c1. The van der Waals surface area contributed by atoms with Crippen LogP contribution in [0.2, 0.25) is 5.02 Å². The number of nitrogens with zero attached hydrogens (tertiary/aromatic N) is 1. The lowest BCUT2D eigenvalue weighted by Gasteiger charge is -2.35. The van der Waals surface area contributed by atoms with E-state index in [4.69, 9.17) is 11.6 Å². The van der Waals surface area contributed by atoms with Crippen LogP contribution in [0.1, 0.15) is 36.7 Å². The van der Waals surface area contributed by atoms with E-state index in [2.05, 4.69) is 5.43 Å². The second-order valence-corrected chi connectivity index (χ2v) is 7.79. The summed E-state index contributed by atoms with van der Waals surface area (Å²) in [4.78, 5) is 25.1. The van der Waals surface area contributed by atoms with Gasteiger partial charge in [-0.05, 0) is 39.0 Å². The number of amides is 3. The Hall–Kier alpha value is -2.95. The van der Waals surface area contributed by atoms with Crippen molar-refractivity contribution in [2.24, 2.45) is 0 Å². The lowest BCUT2D eigenvalue weighted by atomic mass is 10.0. The number of hydrogen-bond donors (Lipinski definition) is 2. The molecule has 0 heterocycles. The Balaban J connectivity index is 2.33. The molecule has 2 rings (SSSR count). The van der Waals surface area contributed by atoms with Gasteiger partial charge in [0.15, 0.2) is 11.6 Å². The molecule has 31 heavy (non-hydrogen) atoms. The van der Waals surface area contributed by atoms with Crippen molar-refractivity contribution in [2.45, 2.75) is 32.5 Å². The van der Waals surface area contributed by atoms with E-state index in [0.29, 0.717) is 23.2 Å². The summed E-state index contributed by atoms with van der Waals surface area (Å²) in [6, 6.07) is 1.54. The van der Waals surface area contributed by atoms with E-state index >= 15 is 0 Å². The van der Waals surface area contributed by atoms with E-state index in [9.17, 15) is 35.9 Å². The Morgan fingerprint density at radius 3 is 2.03 bits per heavy atom. The van der Waals surface area contributed by atoms with Crippen molar-refractivity contribution in [3.63, 3.8) is 0 Å². The highest BCUT2D eigenvalue weighted by Crippen LogP contribution is 2.32. The molecule has 0 bridgehead atoms. The van der Waals surface area contributed by atoms with Crippen LogP contribution in [-0.2, 0) is 6.18 Å². The monoisotopic (exact) mass is 467 g/mol. The van der Waals surface area contributed by atoms with Crippen molar-refractivity contribution in [3.05, 3.63) is 63.9 Å². The van der Waals surface area contributed by atoms with Gasteiger partial charge in [-0.15, -0.1) is 0 Å². The van der Waals surface area contributed by atoms with Crippen molar-refractivity contribution in [1.29, 1.82) is 0 Å². The first-order valence-electron chi connectivity index (χ1n) is 8.54. The van der Waals surface area contributed by atoms with Crippen LogP contribution in [0.25, 0.3) is 0 Å². The molecule has 12 heteroatoms. The average Bonchev–Trinajstić information content (AvgIpc) is 2.61. The van der Waals surface area contributed by atoms with Crippen molar-refractivity contribution < 1.29 is 35.9 Å². The zero-order chi connectivity index (χ0) is 23.7. The predicted octanol–water partition coefficient (Wildman–Crippen LogP) is 5.75. The van der Waals surface area contributed by atoms with E-state index < -0.39 is 57.9 Å². The normalized spacial score (nSPS) is 11.8. The van der Waals surface area contributed by atoms with Gasteiger partial charge in [0.05, 0.1) is 16.8 Å². The van der Waals surface area contributed by atoms with Crippen molar-refractivity contribution in [2.75, 3.05) is 5.32 Å². The molecule has 0 aromatic heterocycles. The average molecular weight is 468 g/mol. The van der Waals surface area contributed by atoms with E-state index in [-0.39, 0.29) is 11.1 Å². The number of urea groups is 1. The molecular weight excluding hydrogens is 452 g/mol. The highest BCUT2D eigenvalue weighted by molar-refractivity contribution is 6.31. The smallest absolute Gasteiger partial charge is 0.304 e. The minimum atomic E-state index is -4.78. The highest BCUT2D eigenvalue weighted by Gasteiger charge is 2.34. The summed E-state index contributed by atoms with van der Waals surface area (Å²) in [5.41, 5.74) is -1.47. The molecule has 2 aromatic rings. The zero-order valence-corrected chi connectivity index (χ0v) is 17.1. The van der Waals surface area contributed by atoms with E-state index in [1.165, 1.54) is 20.8 Å². The molecule has 168 valence electrons. The quantitative estimate of drug-likeness (QED) is 0.335. The molecule has 0 unspecified atom stereocenters. The Bertz CT molecular complexity index is 1020. The first-order chi connectivity index (χ1) is 14.1. The van der Waals surface area contributed by atoms with Gasteiger partial charge in [0.25, 0.3) is 5.91 Å². The topological polar surface area (TPSA) is 61.4 Å². The summed E-state index contributed by atoms with van der Waals surface area (Å²) in [5, 5.41) is 2.23. The highest BCUT2D eigenvalue weighted by atomic mass is 35.5. The molecule has 2 aromatic carbocycles. The first-order valence-corrected chi connectivity index (χ1v) is 8.92. The van der Waals surface area contributed by atoms with Gasteiger partial charge < -0.3 is 5.32 Å². The number of carbonyl (C=O) groups is 2. The Labute approximate surface area is 177 Å². The second kappa shape index (κ2) is 8.66. The maximum Gasteiger partial charge on any atom is 0.416 e. The molecule has 0 saturated heterocycles. The molecule has 0 aliphatic carbocycles. The number of carbonyl (C=O) groups excluding carboxylic acids is 2. The summed E-state index contributed by atoms with van der Waals surface area (Å²) in [6.07, 6.45) is -4.78. The predicted molar refractivity (Wildman–Crippen MR) is 101 cm³/mol. The number of hydrazine groups is 1. The molecule has 0 atom stereocenters. The van der Waals surface area contributed by atoms with Crippen LogP contribution < -0.4 is 10.7 Å². The molecule has 0 spiro atoms. The van der Waals surface area contributed by atoms with Crippen molar-refractivity contribution in [1.82, 2.24) is 10.4 Å². The maximum absolute atomic E-state index is 13.7. The van der Waals surface area contributed by atoms with Gasteiger partial charge in [0.2, 0.25) is 0 Å². The molecule has 0 radical (unpaired) electrons. The van der Waals surface area contributed by atoms with E-state index in [1.54, 1.807) is 0 Å². The number of rotatable bonds is 2. The van der Waals surface area contributed by atoms with Crippen LogP contribution in [0, 0.1) is 17.5 Å². The fraction of sp³-hybridized carbons (Fsp3) is 0.263. The van der Waals surface area contributed by atoms with E-state index in [0.717, 1.165) is 6.07 Å². The second-order valence-electron chi connectivity index (χ2n) is 7.35. The van der Waals surface area contributed by atoms with Gasteiger partial charge in [-0.1, -0.05) is 11.6 Å². The summed E-state index contributed by atoms with van der Waals surface area (Å²) in [5.74, 6) is -5.25. The number of nitrogens with one attached hydrogen (secondary N) is 2. The summed E-state index contributed by atoms with van der Waals surface area (Å²) in [7, 11) is 0. The van der Waals surface area contributed by atoms with Gasteiger partial charge in [0.1, 0.15) is 5.82 Å². The third-order valence-electron chi connectivity index (χ3n) is 3.82. The minimum Gasteiger partial charge on any atom is -0.304 e. The molecule has 0 saturated carbocycles.